The lowest BCUT2D eigenvalue weighted by Crippen LogP contribution is -2.47. The first-order valence-electron chi connectivity index (χ1n) is 8.06. The summed E-state index contributed by atoms with van der Waals surface area (Å²) < 4.78 is 5.73. The molecule has 0 heterocycles. The van der Waals surface area contributed by atoms with Crippen LogP contribution in [0.1, 0.15) is 41.0 Å². The predicted molar refractivity (Wildman–Crippen MR) is 92.1 cm³/mol. The number of hydrogen-bond acceptors (Lipinski definition) is 3. The zero-order chi connectivity index (χ0) is 17.2. The minimum atomic E-state index is -0.488. The molecule has 0 bridgehead atoms. The van der Waals surface area contributed by atoms with E-state index in [4.69, 9.17) is 4.74 Å². The van der Waals surface area contributed by atoms with Crippen molar-refractivity contribution in [3.8, 4) is 0 Å². The van der Waals surface area contributed by atoms with E-state index in [-0.39, 0.29) is 12.0 Å². The van der Waals surface area contributed by atoms with Gasteiger partial charge in [-0.05, 0) is 33.1 Å². The third-order valence-corrected chi connectivity index (χ3v) is 3.61. The minimum Gasteiger partial charge on any atom is -0.378 e. The van der Waals surface area contributed by atoms with E-state index in [2.05, 4.69) is 34.8 Å². The molecule has 0 aromatic carbocycles. The van der Waals surface area contributed by atoms with Crippen LogP contribution >= 0.6 is 0 Å². The summed E-state index contributed by atoms with van der Waals surface area (Å²) in [5.74, 6) is 1.20. The second-order valence-corrected chi connectivity index (χ2v) is 6.34. The molecule has 0 spiro atoms. The fourth-order valence-electron chi connectivity index (χ4n) is 2.10. The summed E-state index contributed by atoms with van der Waals surface area (Å²) in [6.45, 7) is 12.2. The second kappa shape index (κ2) is 10.4. The van der Waals surface area contributed by atoms with E-state index in [0.717, 1.165) is 19.6 Å². The highest BCUT2D eigenvalue weighted by Gasteiger charge is 2.26. The largest absolute Gasteiger partial charge is 0.378 e. The second-order valence-electron chi connectivity index (χ2n) is 6.34. The molecule has 130 valence electrons. The molecule has 3 N–H and O–H groups in total. The van der Waals surface area contributed by atoms with Gasteiger partial charge in [0.1, 0.15) is 0 Å². The maximum Gasteiger partial charge on any atom is 0.227 e. The van der Waals surface area contributed by atoms with E-state index in [1.807, 2.05) is 20.8 Å². The van der Waals surface area contributed by atoms with Crippen LogP contribution in [-0.4, -0.2) is 51.8 Å². The first kappa shape index (κ1) is 20.7. The Hall–Kier alpha value is -1.30. The molecule has 0 aliphatic carbocycles. The number of nitrogens with one attached hydrogen (secondary N) is 3. The maximum atomic E-state index is 11.8. The van der Waals surface area contributed by atoms with Crippen molar-refractivity contribution in [2.45, 2.75) is 47.1 Å². The standard InChI is InChI=1S/C16H34N4O2/c1-8-22-13(12(2)3)9-10-19-15(18-7)20-11-16(4,5)14(21)17-6/h12-13H,8-11H2,1-7H3,(H,17,21)(H2,18,19,20). The van der Waals surface area contributed by atoms with E-state index < -0.39 is 5.41 Å². The fourth-order valence-corrected chi connectivity index (χ4v) is 2.10. The summed E-state index contributed by atoms with van der Waals surface area (Å²) in [4.78, 5) is 15.9. The lowest BCUT2D eigenvalue weighted by molar-refractivity contribution is -0.128. The topological polar surface area (TPSA) is 74.8 Å². The van der Waals surface area contributed by atoms with Gasteiger partial charge in [-0.15, -0.1) is 0 Å². The summed E-state index contributed by atoms with van der Waals surface area (Å²) >= 11 is 0. The van der Waals surface area contributed by atoms with Gasteiger partial charge in [0.05, 0.1) is 11.5 Å². The van der Waals surface area contributed by atoms with E-state index in [1.54, 1.807) is 14.1 Å². The molecule has 0 rings (SSSR count). The highest BCUT2D eigenvalue weighted by Crippen LogP contribution is 2.13. The van der Waals surface area contributed by atoms with Gasteiger partial charge in [0.25, 0.3) is 0 Å². The molecule has 0 radical (unpaired) electrons. The number of nitrogens with zero attached hydrogens (tertiary/aromatic N) is 1. The van der Waals surface area contributed by atoms with Gasteiger partial charge in [0.2, 0.25) is 5.91 Å². The molecule has 0 saturated carbocycles. The van der Waals surface area contributed by atoms with Crippen molar-refractivity contribution in [3.05, 3.63) is 0 Å². The highest BCUT2D eigenvalue weighted by molar-refractivity contribution is 5.84. The van der Waals surface area contributed by atoms with E-state index in [0.29, 0.717) is 18.4 Å². The third kappa shape index (κ3) is 7.64. The van der Waals surface area contributed by atoms with Crippen LogP contribution in [0.2, 0.25) is 0 Å². The van der Waals surface area contributed by atoms with Crippen LogP contribution in [0.5, 0.6) is 0 Å². The SMILES string of the molecule is CCOC(CCNC(=NC)NCC(C)(C)C(=O)NC)C(C)C. The van der Waals surface area contributed by atoms with Crippen molar-refractivity contribution in [3.63, 3.8) is 0 Å². The van der Waals surface area contributed by atoms with Gasteiger partial charge in [-0.25, -0.2) is 0 Å². The van der Waals surface area contributed by atoms with E-state index in [1.165, 1.54) is 0 Å². The summed E-state index contributed by atoms with van der Waals surface area (Å²) in [6.07, 6.45) is 1.17. The van der Waals surface area contributed by atoms with Crippen molar-refractivity contribution in [1.82, 2.24) is 16.0 Å². The van der Waals surface area contributed by atoms with Gasteiger partial charge in [-0.1, -0.05) is 13.8 Å². The Morgan fingerprint density at radius 3 is 2.36 bits per heavy atom. The van der Waals surface area contributed by atoms with Gasteiger partial charge >= 0.3 is 0 Å². The van der Waals surface area contributed by atoms with E-state index >= 15 is 0 Å². The smallest absolute Gasteiger partial charge is 0.227 e. The zero-order valence-corrected chi connectivity index (χ0v) is 15.2. The van der Waals surface area contributed by atoms with Crippen LogP contribution in [0.15, 0.2) is 4.99 Å². The van der Waals surface area contributed by atoms with Crippen LogP contribution in [0.3, 0.4) is 0 Å². The Kier molecular flexibility index (Phi) is 9.81. The van der Waals surface area contributed by atoms with Crippen molar-refractivity contribution in [2.24, 2.45) is 16.3 Å². The average Bonchev–Trinajstić information content (AvgIpc) is 2.48. The molecule has 6 nitrogen and oxygen atoms in total. The molecule has 0 aromatic rings. The Morgan fingerprint density at radius 2 is 1.91 bits per heavy atom. The summed E-state index contributed by atoms with van der Waals surface area (Å²) in [6, 6.07) is 0. The predicted octanol–water partition coefficient (Wildman–Crippen LogP) is 1.37. The Labute approximate surface area is 135 Å². The number of ether oxygens (including phenoxy) is 1. The van der Waals surface area contributed by atoms with Gasteiger partial charge in [0, 0.05) is 33.8 Å². The monoisotopic (exact) mass is 314 g/mol. The minimum absolute atomic E-state index is 0.00618. The molecule has 22 heavy (non-hydrogen) atoms. The number of amides is 1. The van der Waals surface area contributed by atoms with Gasteiger partial charge in [-0.3, -0.25) is 9.79 Å². The number of carbonyl (C=O) groups excluding carboxylic acids is 1. The summed E-state index contributed by atoms with van der Waals surface area (Å²) in [7, 11) is 3.38. The van der Waals surface area contributed by atoms with Crippen LogP contribution < -0.4 is 16.0 Å². The normalized spacial score (nSPS) is 13.9. The molecule has 0 aromatic heterocycles. The fraction of sp³-hybridized carbons (Fsp3) is 0.875. The highest BCUT2D eigenvalue weighted by atomic mass is 16.5. The lowest BCUT2D eigenvalue weighted by atomic mass is 9.92. The van der Waals surface area contributed by atoms with Crippen molar-refractivity contribution >= 4 is 11.9 Å². The van der Waals surface area contributed by atoms with Gasteiger partial charge in [0.15, 0.2) is 5.96 Å². The van der Waals surface area contributed by atoms with E-state index in [9.17, 15) is 4.79 Å². The van der Waals surface area contributed by atoms with Crippen LogP contribution in [-0.2, 0) is 9.53 Å². The van der Waals surface area contributed by atoms with Crippen molar-refractivity contribution < 1.29 is 9.53 Å². The quantitative estimate of drug-likeness (QED) is 0.444. The first-order chi connectivity index (χ1) is 10.3. The van der Waals surface area contributed by atoms with Crippen molar-refractivity contribution in [2.75, 3.05) is 33.8 Å². The molecule has 0 aliphatic rings. The van der Waals surface area contributed by atoms with Gasteiger partial charge in [-0.2, -0.15) is 0 Å². The molecule has 0 saturated heterocycles. The molecular formula is C16H34N4O2. The number of carbonyl (C=O) groups is 1. The van der Waals surface area contributed by atoms with Gasteiger partial charge < -0.3 is 20.7 Å². The molecular weight excluding hydrogens is 280 g/mol. The summed E-state index contributed by atoms with van der Waals surface area (Å²) in [5.41, 5.74) is -0.488. The molecule has 1 unspecified atom stereocenters. The number of aliphatic imine (C=N–C) groups is 1. The Morgan fingerprint density at radius 1 is 1.27 bits per heavy atom. The van der Waals surface area contributed by atoms with Crippen molar-refractivity contribution in [1.29, 1.82) is 0 Å². The molecule has 6 heteroatoms. The Balaban J connectivity index is 4.26. The molecule has 0 fully saturated rings. The zero-order valence-electron chi connectivity index (χ0n) is 15.2. The number of rotatable bonds is 9. The van der Waals surface area contributed by atoms with Crippen LogP contribution in [0, 0.1) is 11.3 Å². The maximum absolute atomic E-state index is 11.8. The Bertz CT molecular complexity index is 354. The third-order valence-electron chi connectivity index (χ3n) is 3.61. The average molecular weight is 314 g/mol. The number of guanidine groups is 1. The molecule has 1 amide bonds. The summed E-state index contributed by atoms with van der Waals surface area (Å²) in [5, 5.41) is 9.14. The van der Waals surface area contributed by atoms with Crippen LogP contribution in [0.25, 0.3) is 0 Å². The lowest BCUT2D eigenvalue weighted by Gasteiger charge is -2.25. The first-order valence-corrected chi connectivity index (χ1v) is 8.06. The molecule has 0 aliphatic heterocycles. The number of hydrogen-bond donors (Lipinski definition) is 3. The molecule has 1 atom stereocenters. The van der Waals surface area contributed by atoms with Crippen LogP contribution in [0.4, 0.5) is 0 Å².